The maximum Gasteiger partial charge on any atom is 0.327 e. The summed E-state index contributed by atoms with van der Waals surface area (Å²) in [6.07, 6.45) is 0. The largest absolute Gasteiger partial charge is 0.480 e. The van der Waals surface area contributed by atoms with Crippen LogP contribution in [0.2, 0.25) is 4.34 Å². The van der Waals surface area contributed by atoms with Gasteiger partial charge in [0.25, 0.3) is 0 Å². The number of thioether (sulfide) groups is 1. The van der Waals surface area contributed by atoms with Crippen molar-refractivity contribution < 1.29 is 14.7 Å². The average molecular weight is 294 g/mol. The molecule has 4 nitrogen and oxygen atoms in total. The molecule has 1 amide bonds. The highest BCUT2D eigenvalue weighted by molar-refractivity contribution is 7.98. The summed E-state index contributed by atoms with van der Waals surface area (Å²) >= 11 is 8.71. The van der Waals surface area contributed by atoms with E-state index in [9.17, 15) is 9.59 Å². The summed E-state index contributed by atoms with van der Waals surface area (Å²) in [5.74, 6) is -0.320. The molecule has 0 fully saturated rings. The monoisotopic (exact) mass is 293 g/mol. The third-order valence-electron chi connectivity index (χ3n) is 1.83. The molecule has 0 aliphatic carbocycles. The number of carbonyl (C=O) groups is 2. The van der Waals surface area contributed by atoms with Gasteiger partial charge in [-0.15, -0.1) is 11.3 Å². The van der Waals surface area contributed by atoms with Crippen molar-refractivity contribution in [2.45, 2.75) is 18.7 Å². The van der Waals surface area contributed by atoms with E-state index in [1.807, 2.05) is 12.1 Å². The topological polar surface area (TPSA) is 66.4 Å². The molecule has 0 radical (unpaired) electrons. The number of nitrogens with one attached hydrogen (secondary N) is 1. The summed E-state index contributed by atoms with van der Waals surface area (Å²) in [6.45, 7) is 1.31. The molecule has 1 aromatic rings. The molecule has 1 aromatic heterocycles. The second-order valence-corrected chi connectivity index (χ2v) is 6.14. The molecular formula is C10H12ClNO3S2. The van der Waals surface area contributed by atoms with E-state index in [1.165, 1.54) is 30.0 Å². The van der Waals surface area contributed by atoms with Crippen molar-refractivity contribution in [1.82, 2.24) is 5.32 Å². The van der Waals surface area contributed by atoms with Gasteiger partial charge in [0.05, 0.1) is 4.34 Å². The van der Waals surface area contributed by atoms with Crippen LogP contribution in [0.25, 0.3) is 0 Å². The van der Waals surface area contributed by atoms with Gasteiger partial charge in [0, 0.05) is 23.3 Å². The van der Waals surface area contributed by atoms with Gasteiger partial charge in [-0.1, -0.05) is 11.6 Å². The van der Waals surface area contributed by atoms with E-state index in [2.05, 4.69) is 5.32 Å². The molecule has 0 saturated heterocycles. The number of aliphatic carboxylic acids is 1. The highest BCUT2D eigenvalue weighted by atomic mass is 35.5. The van der Waals surface area contributed by atoms with Crippen LogP contribution in [0.15, 0.2) is 12.1 Å². The van der Waals surface area contributed by atoms with Crippen molar-refractivity contribution in [3.05, 3.63) is 21.3 Å². The van der Waals surface area contributed by atoms with Gasteiger partial charge in [0.2, 0.25) is 5.91 Å². The summed E-state index contributed by atoms with van der Waals surface area (Å²) in [6, 6.07) is 2.88. The quantitative estimate of drug-likeness (QED) is 0.844. The van der Waals surface area contributed by atoms with Crippen LogP contribution < -0.4 is 5.32 Å². The number of rotatable bonds is 6. The summed E-state index contributed by atoms with van der Waals surface area (Å²) < 4.78 is 0.720. The maximum absolute atomic E-state index is 10.8. The predicted octanol–water partition coefficient (Wildman–Crippen LogP) is 2.22. The Morgan fingerprint density at radius 1 is 1.59 bits per heavy atom. The minimum absolute atomic E-state index is 0.336. The Morgan fingerprint density at radius 2 is 2.29 bits per heavy atom. The van der Waals surface area contributed by atoms with E-state index in [1.54, 1.807) is 0 Å². The van der Waals surface area contributed by atoms with Crippen LogP contribution in [-0.2, 0) is 15.3 Å². The van der Waals surface area contributed by atoms with Crippen molar-refractivity contribution in [1.29, 1.82) is 0 Å². The van der Waals surface area contributed by atoms with Crippen molar-refractivity contribution in [2.75, 3.05) is 5.75 Å². The molecule has 0 aromatic carbocycles. The highest BCUT2D eigenvalue weighted by Crippen LogP contribution is 2.25. The summed E-state index contributed by atoms with van der Waals surface area (Å²) in [7, 11) is 0. The Labute approximate surface area is 112 Å². The zero-order chi connectivity index (χ0) is 12.8. The van der Waals surface area contributed by atoms with Gasteiger partial charge in [0.1, 0.15) is 6.04 Å². The lowest BCUT2D eigenvalue weighted by atomic mass is 10.3. The molecule has 1 unspecified atom stereocenters. The molecule has 1 atom stereocenters. The lowest BCUT2D eigenvalue weighted by Crippen LogP contribution is -2.41. The molecule has 0 bridgehead atoms. The van der Waals surface area contributed by atoms with Crippen LogP contribution in [0.3, 0.4) is 0 Å². The first-order chi connectivity index (χ1) is 7.99. The van der Waals surface area contributed by atoms with Crippen LogP contribution in [0.4, 0.5) is 0 Å². The Morgan fingerprint density at radius 3 is 2.76 bits per heavy atom. The molecule has 0 saturated carbocycles. The number of amides is 1. The average Bonchev–Trinajstić information content (AvgIpc) is 2.62. The molecule has 7 heteroatoms. The molecule has 1 rings (SSSR count). The molecule has 2 N–H and O–H groups in total. The fraction of sp³-hybridized carbons (Fsp3) is 0.400. The highest BCUT2D eigenvalue weighted by Gasteiger charge is 2.18. The number of carboxylic acids is 1. The Bertz CT molecular complexity index is 408. The van der Waals surface area contributed by atoms with E-state index in [0.717, 1.165) is 9.21 Å². The van der Waals surface area contributed by atoms with Gasteiger partial charge in [-0.3, -0.25) is 4.79 Å². The van der Waals surface area contributed by atoms with E-state index in [0.29, 0.717) is 11.5 Å². The number of carbonyl (C=O) groups excluding carboxylic acids is 1. The fourth-order valence-electron chi connectivity index (χ4n) is 1.13. The van der Waals surface area contributed by atoms with E-state index in [-0.39, 0.29) is 5.91 Å². The smallest absolute Gasteiger partial charge is 0.327 e. The number of hydrogen-bond acceptors (Lipinski definition) is 4. The van der Waals surface area contributed by atoms with Crippen molar-refractivity contribution in [2.24, 2.45) is 0 Å². The second kappa shape index (κ2) is 6.88. The normalized spacial score (nSPS) is 12.1. The molecule has 0 aliphatic rings. The first kappa shape index (κ1) is 14.3. The first-order valence-corrected chi connectivity index (χ1v) is 7.16. The van der Waals surface area contributed by atoms with Crippen molar-refractivity contribution in [3.63, 3.8) is 0 Å². The molecule has 0 aliphatic heterocycles. The third kappa shape index (κ3) is 5.43. The number of halogens is 1. The SMILES string of the molecule is CC(=O)NC(CSCc1ccc(Cl)s1)C(=O)O. The Hall–Kier alpha value is -0.720. The zero-order valence-corrected chi connectivity index (χ0v) is 11.5. The zero-order valence-electron chi connectivity index (χ0n) is 9.10. The van der Waals surface area contributed by atoms with E-state index < -0.39 is 12.0 Å². The number of carboxylic acid groups (broad SMARTS) is 1. The van der Waals surface area contributed by atoms with Gasteiger partial charge in [0.15, 0.2) is 0 Å². The summed E-state index contributed by atoms with van der Waals surface area (Å²) in [5, 5.41) is 11.3. The Balaban J connectivity index is 2.37. The molecular weight excluding hydrogens is 282 g/mol. The van der Waals surface area contributed by atoms with Gasteiger partial charge < -0.3 is 10.4 Å². The summed E-state index contributed by atoms with van der Waals surface area (Å²) in [5.41, 5.74) is 0. The maximum atomic E-state index is 10.8. The number of thiophene rings is 1. The molecule has 0 spiro atoms. The van der Waals surface area contributed by atoms with Gasteiger partial charge in [-0.25, -0.2) is 4.79 Å². The fourth-order valence-corrected chi connectivity index (χ4v) is 3.37. The lowest BCUT2D eigenvalue weighted by molar-refractivity contribution is -0.140. The molecule has 94 valence electrons. The molecule has 1 heterocycles. The van der Waals surface area contributed by atoms with E-state index >= 15 is 0 Å². The third-order valence-corrected chi connectivity index (χ3v) is 4.33. The Kier molecular flexibility index (Phi) is 5.80. The summed E-state index contributed by atoms with van der Waals surface area (Å²) in [4.78, 5) is 22.7. The lowest BCUT2D eigenvalue weighted by Gasteiger charge is -2.12. The van der Waals surface area contributed by atoms with Crippen LogP contribution in [0.5, 0.6) is 0 Å². The standard InChI is InChI=1S/C10H12ClNO3S2/c1-6(13)12-8(10(14)15)5-16-4-7-2-3-9(11)17-7/h2-3,8H,4-5H2,1H3,(H,12,13)(H,14,15). The number of hydrogen-bond donors (Lipinski definition) is 2. The molecule has 17 heavy (non-hydrogen) atoms. The second-order valence-electron chi connectivity index (χ2n) is 3.31. The van der Waals surface area contributed by atoms with Crippen LogP contribution >= 0.6 is 34.7 Å². The van der Waals surface area contributed by atoms with Gasteiger partial charge in [-0.05, 0) is 12.1 Å². The van der Waals surface area contributed by atoms with Crippen LogP contribution in [-0.4, -0.2) is 28.8 Å². The minimum atomic E-state index is -1.02. The first-order valence-electron chi connectivity index (χ1n) is 4.81. The van der Waals surface area contributed by atoms with Gasteiger partial charge in [-0.2, -0.15) is 11.8 Å². The van der Waals surface area contributed by atoms with Crippen molar-refractivity contribution in [3.8, 4) is 0 Å². The van der Waals surface area contributed by atoms with Crippen molar-refractivity contribution >= 4 is 46.6 Å². The van der Waals surface area contributed by atoms with E-state index in [4.69, 9.17) is 16.7 Å². The van der Waals surface area contributed by atoms with Crippen LogP contribution in [0, 0.1) is 0 Å². The minimum Gasteiger partial charge on any atom is -0.480 e. The van der Waals surface area contributed by atoms with Gasteiger partial charge >= 0.3 is 5.97 Å². The van der Waals surface area contributed by atoms with Crippen LogP contribution in [0.1, 0.15) is 11.8 Å². The predicted molar refractivity (Wildman–Crippen MR) is 70.7 cm³/mol.